The van der Waals surface area contributed by atoms with Gasteiger partial charge in [0.15, 0.2) is 0 Å². The number of nitrogens with zero attached hydrogens (tertiary/aromatic N) is 1. The molecule has 6 heteroatoms. The van der Waals surface area contributed by atoms with Crippen LogP contribution in [0.4, 0.5) is 5.69 Å². The van der Waals surface area contributed by atoms with E-state index in [1.54, 1.807) is 49.4 Å². The van der Waals surface area contributed by atoms with Crippen LogP contribution in [0.25, 0.3) is 0 Å². The van der Waals surface area contributed by atoms with E-state index < -0.39 is 0 Å². The molecule has 0 unspecified atom stereocenters. The van der Waals surface area contributed by atoms with E-state index in [1.807, 2.05) is 37.3 Å². The first-order valence-corrected chi connectivity index (χ1v) is 9.39. The molecule has 0 fully saturated rings. The minimum absolute atomic E-state index is 0.235. The molecule has 3 aromatic carbocycles. The predicted molar refractivity (Wildman–Crippen MR) is 117 cm³/mol. The van der Waals surface area contributed by atoms with Crippen LogP contribution in [0, 0.1) is 6.92 Å². The lowest BCUT2D eigenvalue weighted by Crippen LogP contribution is -2.20. The summed E-state index contributed by atoms with van der Waals surface area (Å²) in [6.07, 6.45) is 0. The first-order valence-electron chi connectivity index (χ1n) is 9.01. The van der Waals surface area contributed by atoms with Crippen LogP contribution < -0.4 is 10.7 Å². The van der Waals surface area contributed by atoms with Crippen LogP contribution in [0.3, 0.4) is 0 Å². The van der Waals surface area contributed by atoms with Crippen molar-refractivity contribution in [1.82, 2.24) is 5.43 Å². The Morgan fingerprint density at radius 2 is 1.59 bits per heavy atom. The fourth-order valence-electron chi connectivity index (χ4n) is 2.71. The second-order valence-corrected chi connectivity index (χ2v) is 6.93. The first-order chi connectivity index (χ1) is 13.9. The molecule has 5 nitrogen and oxygen atoms in total. The van der Waals surface area contributed by atoms with Crippen molar-refractivity contribution in [2.24, 2.45) is 5.10 Å². The zero-order valence-corrected chi connectivity index (χ0v) is 16.8. The van der Waals surface area contributed by atoms with E-state index in [0.29, 0.717) is 27.5 Å². The number of amides is 2. The molecule has 0 spiro atoms. The van der Waals surface area contributed by atoms with Gasteiger partial charge in [0, 0.05) is 21.8 Å². The molecule has 0 saturated carbocycles. The smallest absolute Gasteiger partial charge is 0.271 e. The van der Waals surface area contributed by atoms with Crippen molar-refractivity contribution < 1.29 is 9.59 Å². The average molecular weight is 406 g/mol. The summed E-state index contributed by atoms with van der Waals surface area (Å²) < 4.78 is 0. The highest BCUT2D eigenvalue weighted by Crippen LogP contribution is 2.15. The second-order valence-electron chi connectivity index (χ2n) is 6.49. The van der Waals surface area contributed by atoms with Crippen molar-refractivity contribution >= 4 is 34.8 Å². The van der Waals surface area contributed by atoms with Gasteiger partial charge in [-0.3, -0.25) is 9.59 Å². The van der Waals surface area contributed by atoms with Crippen molar-refractivity contribution in [2.45, 2.75) is 13.8 Å². The Hall–Kier alpha value is -3.44. The summed E-state index contributed by atoms with van der Waals surface area (Å²) in [5.74, 6) is -0.504. The Morgan fingerprint density at radius 3 is 2.31 bits per heavy atom. The Balaban J connectivity index is 1.70. The number of benzene rings is 3. The molecule has 0 bridgehead atoms. The number of hydrogen-bond acceptors (Lipinski definition) is 3. The van der Waals surface area contributed by atoms with Crippen LogP contribution in [0.1, 0.15) is 38.8 Å². The minimum Gasteiger partial charge on any atom is -0.322 e. The van der Waals surface area contributed by atoms with Gasteiger partial charge in [0.05, 0.1) is 5.71 Å². The summed E-state index contributed by atoms with van der Waals surface area (Å²) in [4.78, 5) is 24.7. The summed E-state index contributed by atoms with van der Waals surface area (Å²) in [7, 11) is 0. The van der Waals surface area contributed by atoms with E-state index in [9.17, 15) is 9.59 Å². The highest BCUT2D eigenvalue weighted by Gasteiger charge is 2.09. The van der Waals surface area contributed by atoms with Gasteiger partial charge in [-0.15, -0.1) is 0 Å². The molecule has 0 atom stereocenters. The van der Waals surface area contributed by atoms with Gasteiger partial charge in [0.1, 0.15) is 0 Å². The SMILES string of the molecule is C/C(=N/NC(=O)c1ccccc1C)c1cccc(NC(=O)c2ccc(Cl)cc2)c1. The monoisotopic (exact) mass is 405 g/mol. The highest BCUT2D eigenvalue weighted by atomic mass is 35.5. The number of anilines is 1. The van der Waals surface area contributed by atoms with E-state index in [4.69, 9.17) is 11.6 Å². The number of hydrazone groups is 1. The summed E-state index contributed by atoms with van der Waals surface area (Å²) >= 11 is 5.86. The average Bonchev–Trinajstić information content (AvgIpc) is 2.72. The van der Waals surface area contributed by atoms with E-state index >= 15 is 0 Å². The fourth-order valence-corrected chi connectivity index (χ4v) is 2.84. The molecule has 0 aromatic heterocycles. The zero-order chi connectivity index (χ0) is 20.8. The molecule has 2 amide bonds. The molecule has 3 aromatic rings. The maximum absolute atomic E-state index is 12.4. The van der Waals surface area contributed by atoms with Gasteiger partial charge >= 0.3 is 0 Å². The molecule has 29 heavy (non-hydrogen) atoms. The van der Waals surface area contributed by atoms with Gasteiger partial charge in [-0.1, -0.05) is 41.9 Å². The third-order valence-corrected chi connectivity index (χ3v) is 4.61. The van der Waals surface area contributed by atoms with E-state index in [0.717, 1.165) is 11.1 Å². The Bertz CT molecular complexity index is 1080. The molecule has 0 radical (unpaired) electrons. The summed E-state index contributed by atoms with van der Waals surface area (Å²) in [6.45, 7) is 3.66. The van der Waals surface area contributed by atoms with E-state index in [-0.39, 0.29) is 11.8 Å². The molecule has 2 N–H and O–H groups in total. The molecule has 0 aliphatic heterocycles. The first kappa shape index (κ1) is 20.3. The molecular weight excluding hydrogens is 386 g/mol. The molecule has 0 heterocycles. The van der Waals surface area contributed by atoms with E-state index in [1.165, 1.54) is 0 Å². The molecule has 3 rings (SSSR count). The van der Waals surface area contributed by atoms with Crippen molar-refractivity contribution in [3.63, 3.8) is 0 Å². The van der Waals surface area contributed by atoms with Crippen LogP contribution in [0.15, 0.2) is 77.9 Å². The van der Waals surface area contributed by atoms with Crippen molar-refractivity contribution in [3.05, 3.63) is 100 Å². The van der Waals surface area contributed by atoms with Crippen LogP contribution in [0.5, 0.6) is 0 Å². The quantitative estimate of drug-likeness (QED) is 0.460. The lowest BCUT2D eigenvalue weighted by atomic mass is 10.1. The van der Waals surface area contributed by atoms with Gasteiger partial charge in [0.2, 0.25) is 0 Å². The maximum Gasteiger partial charge on any atom is 0.271 e. The zero-order valence-electron chi connectivity index (χ0n) is 16.1. The molecule has 0 aliphatic carbocycles. The van der Waals surface area contributed by atoms with Gasteiger partial charge in [-0.25, -0.2) is 5.43 Å². The van der Waals surface area contributed by atoms with Gasteiger partial charge in [-0.05, 0) is 67.4 Å². The minimum atomic E-state index is -0.269. The summed E-state index contributed by atoms with van der Waals surface area (Å²) in [5.41, 5.74) is 6.57. The number of aryl methyl sites for hydroxylation is 1. The number of halogens is 1. The van der Waals surface area contributed by atoms with Gasteiger partial charge in [0.25, 0.3) is 11.8 Å². The topological polar surface area (TPSA) is 70.6 Å². The normalized spacial score (nSPS) is 11.1. The molecule has 0 aliphatic rings. The van der Waals surface area contributed by atoms with Crippen LogP contribution in [0.2, 0.25) is 5.02 Å². The Kier molecular flexibility index (Phi) is 6.42. The Labute approximate surface area is 174 Å². The Morgan fingerprint density at radius 1 is 0.862 bits per heavy atom. The van der Waals surface area contributed by atoms with Gasteiger partial charge < -0.3 is 5.32 Å². The number of nitrogens with one attached hydrogen (secondary N) is 2. The van der Waals surface area contributed by atoms with Crippen molar-refractivity contribution in [1.29, 1.82) is 0 Å². The summed E-state index contributed by atoms with van der Waals surface area (Å²) in [5, 5.41) is 7.61. The van der Waals surface area contributed by atoms with E-state index in [2.05, 4.69) is 15.8 Å². The molecule has 146 valence electrons. The van der Waals surface area contributed by atoms with Crippen molar-refractivity contribution in [3.8, 4) is 0 Å². The lowest BCUT2D eigenvalue weighted by Gasteiger charge is -2.08. The highest BCUT2D eigenvalue weighted by molar-refractivity contribution is 6.30. The number of carbonyl (C=O) groups excluding carboxylic acids is 2. The largest absolute Gasteiger partial charge is 0.322 e. The third-order valence-electron chi connectivity index (χ3n) is 4.36. The molecule has 0 saturated heterocycles. The van der Waals surface area contributed by atoms with Crippen LogP contribution in [-0.4, -0.2) is 17.5 Å². The number of carbonyl (C=O) groups is 2. The third kappa shape index (κ3) is 5.30. The van der Waals surface area contributed by atoms with Crippen molar-refractivity contribution in [2.75, 3.05) is 5.32 Å². The number of hydrogen-bond donors (Lipinski definition) is 2. The standard InChI is InChI=1S/C23H20ClN3O2/c1-15-6-3-4-9-21(15)23(29)27-26-16(2)18-7-5-8-20(14-18)25-22(28)17-10-12-19(24)13-11-17/h3-14H,1-2H3,(H,25,28)(H,27,29)/b26-16-. The molecular formula is C23H20ClN3O2. The summed E-state index contributed by atoms with van der Waals surface area (Å²) in [6, 6.07) is 21.2. The maximum atomic E-state index is 12.4. The fraction of sp³-hybridized carbons (Fsp3) is 0.0870. The second kappa shape index (κ2) is 9.17. The lowest BCUT2D eigenvalue weighted by molar-refractivity contribution is 0.0953. The predicted octanol–water partition coefficient (Wildman–Crippen LogP) is 5.05. The van der Waals surface area contributed by atoms with Crippen LogP contribution >= 0.6 is 11.6 Å². The van der Waals surface area contributed by atoms with Gasteiger partial charge in [-0.2, -0.15) is 5.10 Å². The number of rotatable bonds is 5. The van der Waals surface area contributed by atoms with Crippen LogP contribution in [-0.2, 0) is 0 Å².